The number of rotatable bonds is 11. The van der Waals surface area contributed by atoms with Gasteiger partial charge in [0.15, 0.2) is 22.5 Å². The van der Waals surface area contributed by atoms with Crippen LogP contribution >= 0.6 is 11.6 Å². The minimum absolute atomic E-state index is 0.0932. The van der Waals surface area contributed by atoms with Gasteiger partial charge < -0.3 is 37.3 Å². The summed E-state index contributed by atoms with van der Waals surface area (Å²) >= 11 is 5.78. The number of halogens is 1. The molecule has 3 rings (SSSR count). The van der Waals surface area contributed by atoms with Crippen molar-refractivity contribution in [3.63, 3.8) is 0 Å². The van der Waals surface area contributed by atoms with E-state index in [1.165, 1.54) is 6.92 Å². The lowest BCUT2D eigenvalue weighted by atomic mass is 10.1. The number of nitrogens with two attached hydrogens (primary N) is 2. The third-order valence-electron chi connectivity index (χ3n) is 5.01. The summed E-state index contributed by atoms with van der Waals surface area (Å²) in [5.41, 5.74) is 10.9. The molecule has 0 bridgehead atoms. The van der Waals surface area contributed by atoms with Crippen molar-refractivity contribution in [2.45, 2.75) is 19.1 Å². The molecule has 1 unspecified atom stereocenters. The minimum Gasteiger partial charge on any atom is -0.491 e. The molecular weight excluding hydrogens is 474 g/mol. The van der Waals surface area contributed by atoms with Crippen molar-refractivity contribution in [3.05, 3.63) is 53.3 Å². The molecule has 0 spiro atoms. The smallest absolute Gasteiger partial charge is 0.274 e. The number of hydrogen-bond donors (Lipinski definition) is 6. The fraction of sp³-hybridized carbons (Fsp3) is 0.304. The fourth-order valence-electron chi connectivity index (χ4n) is 3.14. The molecule has 0 radical (unpaired) electrons. The molecule has 2 aromatic carbocycles. The summed E-state index contributed by atoms with van der Waals surface area (Å²) in [5, 5.41) is 20.3. The number of aromatic nitrogens is 2. The topological polar surface area (TPSA) is 178 Å². The fourth-order valence-corrected chi connectivity index (χ4v) is 3.27. The molecule has 12 heteroatoms. The Hall–Kier alpha value is -3.67. The molecule has 3 aromatic rings. The van der Waals surface area contributed by atoms with Gasteiger partial charge in [-0.3, -0.25) is 9.59 Å². The first-order chi connectivity index (χ1) is 16.7. The number of aliphatic hydroxyl groups excluding tert-OH is 1. The van der Waals surface area contributed by atoms with Crippen molar-refractivity contribution in [2.75, 3.05) is 37.7 Å². The summed E-state index contributed by atoms with van der Waals surface area (Å²) in [7, 11) is 0. The highest BCUT2D eigenvalue weighted by Crippen LogP contribution is 2.20. The van der Waals surface area contributed by atoms with Crippen LogP contribution in [0.4, 0.5) is 11.6 Å². The first-order valence-corrected chi connectivity index (χ1v) is 11.3. The average Bonchev–Trinajstić information content (AvgIpc) is 2.84. The second-order valence-corrected chi connectivity index (χ2v) is 8.16. The van der Waals surface area contributed by atoms with Gasteiger partial charge in [0.2, 0.25) is 5.91 Å². The molecule has 0 aliphatic heterocycles. The normalized spacial score (nSPS) is 12.7. The Morgan fingerprint density at radius 1 is 1.09 bits per heavy atom. The van der Waals surface area contributed by atoms with E-state index in [0.717, 1.165) is 10.8 Å². The van der Waals surface area contributed by atoms with Crippen molar-refractivity contribution < 1.29 is 19.4 Å². The van der Waals surface area contributed by atoms with Crippen molar-refractivity contribution in [3.8, 4) is 5.75 Å². The lowest BCUT2D eigenvalue weighted by Crippen LogP contribution is -2.47. The Labute approximate surface area is 207 Å². The van der Waals surface area contributed by atoms with Gasteiger partial charge in [0, 0.05) is 19.6 Å². The molecule has 0 aliphatic carbocycles. The quantitative estimate of drug-likeness (QED) is 0.206. The number of fused-ring (bicyclic) bond motifs is 1. The monoisotopic (exact) mass is 501 g/mol. The zero-order valence-corrected chi connectivity index (χ0v) is 19.9. The number of hydrogen-bond acceptors (Lipinski definition) is 9. The highest BCUT2D eigenvalue weighted by molar-refractivity contribution is 6.31. The van der Waals surface area contributed by atoms with Crippen LogP contribution in [0.15, 0.2) is 42.5 Å². The van der Waals surface area contributed by atoms with Crippen molar-refractivity contribution in [1.82, 2.24) is 25.9 Å². The lowest BCUT2D eigenvalue weighted by molar-refractivity contribution is -0.122. The van der Waals surface area contributed by atoms with E-state index in [0.29, 0.717) is 12.3 Å². The van der Waals surface area contributed by atoms with Gasteiger partial charge >= 0.3 is 0 Å². The molecule has 1 aromatic heterocycles. The molecule has 2 amide bonds. The summed E-state index contributed by atoms with van der Waals surface area (Å²) in [4.78, 5) is 32.1. The Morgan fingerprint density at radius 2 is 1.83 bits per heavy atom. The first kappa shape index (κ1) is 25.9. The van der Waals surface area contributed by atoms with Gasteiger partial charge in [-0.1, -0.05) is 41.9 Å². The van der Waals surface area contributed by atoms with E-state index in [-0.39, 0.29) is 42.2 Å². The minimum atomic E-state index is -0.860. The van der Waals surface area contributed by atoms with Crippen LogP contribution in [-0.2, 0) is 4.79 Å². The van der Waals surface area contributed by atoms with Crippen LogP contribution < -0.4 is 32.2 Å². The molecule has 8 N–H and O–H groups in total. The molecule has 0 aliphatic rings. The summed E-state index contributed by atoms with van der Waals surface area (Å²) in [6, 6.07) is 12.8. The molecule has 0 saturated carbocycles. The van der Waals surface area contributed by atoms with Crippen LogP contribution in [0, 0.1) is 0 Å². The zero-order valence-electron chi connectivity index (χ0n) is 19.1. The van der Waals surface area contributed by atoms with E-state index in [2.05, 4.69) is 25.9 Å². The van der Waals surface area contributed by atoms with Gasteiger partial charge in [-0.15, -0.1) is 0 Å². The molecule has 2 atom stereocenters. The molecule has 11 nitrogen and oxygen atoms in total. The second-order valence-electron chi connectivity index (χ2n) is 7.80. The number of ether oxygens (including phenoxy) is 1. The van der Waals surface area contributed by atoms with E-state index in [1.807, 2.05) is 42.5 Å². The average molecular weight is 502 g/mol. The summed E-state index contributed by atoms with van der Waals surface area (Å²) < 4.78 is 5.66. The maximum absolute atomic E-state index is 12.3. The van der Waals surface area contributed by atoms with E-state index in [4.69, 9.17) is 27.8 Å². The largest absolute Gasteiger partial charge is 0.491 e. The Bertz CT molecular complexity index is 1190. The number of carbonyl (C=O) groups excluding carboxylic acids is 2. The van der Waals surface area contributed by atoms with Gasteiger partial charge in [-0.05, 0) is 29.8 Å². The summed E-state index contributed by atoms with van der Waals surface area (Å²) in [6.07, 6.45) is -0.728. The number of amides is 2. The summed E-state index contributed by atoms with van der Waals surface area (Å²) in [5.74, 6) is -0.714. The highest BCUT2D eigenvalue weighted by atomic mass is 35.5. The first-order valence-electron chi connectivity index (χ1n) is 10.9. The number of aliphatic hydroxyl groups is 1. The number of anilines is 2. The van der Waals surface area contributed by atoms with Crippen LogP contribution in [0.1, 0.15) is 17.4 Å². The molecular formula is C23H28ClN7O4. The van der Waals surface area contributed by atoms with Crippen molar-refractivity contribution in [2.24, 2.45) is 0 Å². The third kappa shape index (κ3) is 7.41. The number of benzene rings is 2. The van der Waals surface area contributed by atoms with Gasteiger partial charge in [-0.2, -0.15) is 0 Å². The van der Waals surface area contributed by atoms with Crippen LogP contribution in [0.3, 0.4) is 0 Å². The maximum atomic E-state index is 12.3. The van der Waals surface area contributed by atoms with Gasteiger partial charge in [0.25, 0.3) is 5.91 Å². The molecule has 35 heavy (non-hydrogen) atoms. The number of carbonyl (C=O) groups is 2. The SMILES string of the molecule is C[C@H](NC(=O)c1nc(Cl)c(N)nc1N)C(=O)NCCNCC(O)COc1ccc2ccccc2c1. The third-order valence-corrected chi connectivity index (χ3v) is 5.28. The van der Waals surface area contributed by atoms with E-state index >= 15 is 0 Å². The predicted octanol–water partition coefficient (Wildman–Crippen LogP) is 0.712. The van der Waals surface area contributed by atoms with Crippen LogP contribution in [-0.4, -0.2) is 65.3 Å². The standard InChI is InChI=1S/C23H28ClN7O4/c1-13(29-23(34)18-20(25)31-21(26)19(24)30-18)22(33)28-9-8-27-11-16(32)12-35-17-7-6-14-4-2-3-5-15(14)10-17/h2-7,10,13,16,27,32H,8-9,11-12H2,1H3,(H,28,33)(H,29,34)(H4,25,26,31)/t13-,16?/m0/s1. The highest BCUT2D eigenvalue weighted by Gasteiger charge is 2.21. The van der Waals surface area contributed by atoms with E-state index < -0.39 is 24.0 Å². The van der Waals surface area contributed by atoms with Crippen molar-refractivity contribution >= 4 is 45.8 Å². The van der Waals surface area contributed by atoms with Crippen molar-refractivity contribution in [1.29, 1.82) is 0 Å². The molecule has 0 saturated heterocycles. The predicted molar refractivity (Wildman–Crippen MR) is 134 cm³/mol. The lowest BCUT2D eigenvalue weighted by Gasteiger charge is -2.16. The van der Waals surface area contributed by atoms with Crippen LogP contribution in [0.2, 0.25) is 5.15 Å². The number of nitrogen functional groups attached to an aromatic ring is 2. The van der Waals surface area contributed by atoms with Gasteiger partial charge in [0.1, 0.15) is 24.5 Å². The number of nitrogens with one attached hydrogen (secondary N) is 3. The number of nitrogens with zero attached hydrogens (tertiary/aromatic N) is 2. The van der Waals surface area contributed by atoms with Crippen LogP contribution in [0.25, 0.3) is 10.8 Å². The maximum Gasteiger partial charge on any atom is 0.274 e. The van der Waals surface area contributed by atoms with E-state index in [1.54, 1.807) is 0 Å². The van der Waals surface area contributed by atoms with Gasteiger partial charge in [-0.25, -0.2) is 9.97 Å². The Morgan fingerprint density at radius 3 is 2.60 bits per heavy atom. The molecule has 186 valence electrons. The summed E-state index contributed by atoms with van der Waals surface area (Å²) in [6.45, 7) is 2.61. The van der Waals surface area contributed by atoms with Crippen LogP contribution in [0.5, 0.6) is 5.75 Å². The second kappa shape index (κ2) is 12.2. The zero-order chi connectivity index (χ0) is 25.4. The Kier molecular flexibility index (Phi) is 9.01. The Balaban J connectivity index is 1.32. The molecule has 0 fully saturated rings. The molecule has 1 heterocycles. The van der Waals surface area contributed by atoms with E-state index in [9.17, 15) is 14.7 Å². The van der Waals surface area contributed by atoms with Gasteiger partial charge in [0.05, 0.1) is 0 Å².